The van der Waals surface area contributed by atoms with Crippen molar-refractivity contribution >= 4 is 76.8 Å². The fourth-order valence-corrected chi connectivity index (χ4v) is 13.4. The summed E-state index contributed by atoms with van der Waals surface area (Å²) in [6.07, 6.45) is 0.933. The summed E-state index contributed by atoms with van der Waals surface area (Å²) in [5.74, 6) is -6.87. The van der Waals surface area contributed by atoms with Crippen molar-refractivity contribution in [3.8, 4) is 0 Å². The number of ether oxygens (including phenoxy) is 5. The van der Waals surface area contributed by atoms with Crippen LogP contribution in [0.4, 0.5) is 10.5 Å². The van der Waals surface area contributed by atoms with E-state index in [9.17, 15) is 62.6 Å². The van der Waals surface area contributed by atoms with Gasteiger partial charge < -0.3 is 75.4 Å². The van der Waals surface area contributed by atoms with Crippen molar-refractivity contribution in [3.05, 3.63) is 114 Å². The van der Waals surface area contributed by atoms with E-state index in [0.717, 1.165) is 10.5 Å². The highest BCUT2D eigenvalue weighted by Crippen LogP contribution is 2.31. The van der Waals surface area contributed by atoms with Crippen LogP contribution in [0.3, 0.4) is 0 Å². The number of nitrogens with one attached hydrogen (secondary N) is 6. The van der Waals surface area contributed by atoms with Gasteiger partial charge in [0.1, 0.15) is 24.7 Å². The molecular formula is C77H112N12O18. The molecule has 12 amide bonds. The number of hydrogen-bond acceptors (Lipinski definition) is 19. The monoisotopic (exact) mass is 1490 g/mol. The van der Waals surface area contributed by atoms with Crippen LogP contribution in [-0.4, -0.2) is 268 Å². The summed E-state index contributed by atoms with van der Waals surface area (Å²) in [5, 5.41) is 27.4. The normalized spacial score (nSPS) is 18.0. The van der Waals surface area contributed by atoms with Gasteiger partial charge in [-0.1, -0.05) is 128 Å². The molecule has 11 atom stereocenters. The Morgan fingerprint density at radius 3 is 1.84 bits per heavy atom. The fraction of sp³-hybridized carbons (Fsp3) is 0.584. The number of benzene rings is 3. The van der Waals surface area contributed by atoms with Crippen LogP contribution in [0.15, 0.2) is 97.1 Å². The standard InChI is InChI=1S/C77H112N12O18/c1-13-51(6)70(60(103-11)44-67(96)88-33-20-25-59(88)72(104-12)52(7)73(98)80-53(8)71(97)56-23-18-15-19-24-56)84(9)76(101)68(49(2)3)83-75(100)69(50(4)5)85(10)77(102)107-48-55-26-28-57(29-27-55)81-61(90)46-79-74(99)58(43-54-21-16-14-17-22-54)82-62(91)45-78-63(92)47-86-35-39-105-41-37-87(38-42-106-40-36-86)64(93)32-34-89-65(94)30-31-66(89)95/h14-19,21-24,26-31,49-53,58-60,68-72,97H,13,20,25,32-48H2,1-12H3,(H,78,92)(H,79,99)(H,80,98)(H,81,90)(H,82,91)(H,83,100)/t51-,52+,53+,58-,59+,60+,68-,69-,70-,71+,72+/m0/s1. The maximum atomic E-state index is 14.8. The highest BCUT2D eigenvalue weighted by molar-refractivity contribution is 6.13. The van der Waals surface area contributed by atoms with Crippen LogP contribution in [0.25, 0.3) is 0 Å². The van der Waals surface area contributed by atoms with E-state index in [-0.39, 0.29) is 102 Å². The second kappa shape index (κ2) is 43.6. The Bertz CT molecular complexity index is 3440. The molecule has 3 heterocycles. The first-order valence-electron chi connectivity index (χ1n) is 36.9. The van der Waals surface area contributed by atoms with Crippen molar-refractivity contribution < 1.29 is 86.3 Å². The quantitative estimate of drug-likeness (QED) is 0.0411. The number of hydrogen-bond donors (Lipinski definition) is 7. The van der Waals surface area contributed by atoms with E-state index in [1.165, 1.54) is 38.3 Å². The highest BCUT2D eigenvalue weighted by atomic mass is 16.6. The zero-order valence-corrected chi connectivity index (χ0v) is 64.0. The number of carbonyl (C=O) groups excluding carboxylic acids is 12. The van der Waals surface area contributed by atoms with Crippen molar-refractivity contribution in [1.29, 1.82) is 0 Å². The van der Waals surface area contributed by atoms with Crippen LogP contribution < -0.4 is 31.9 Å². The largest absolute Gasteiger partial charge is 0.445 e. The lowest BCUT2D eigenvalue weighted by atomic mass is 9.89. The number of aliphatic hydroxyl groups excluding tert-OH is 1. The lowest BCUT2D eigenvalue weighted by Gasteiger charge is -2.41. The number of amides is 12. The molecule has 0 radical (unpaired) electrons. The molecule has 0 bridgehead atoms. The molecule has 2 fully saturated rings. The second-order valence-electron chi connectivity index (χ2n) is 28.2. The lowest BCUT2D eigenvalue weighted by molar-refractivity contribution is -0.148. The molecule has 3 aromatic carbocycles. The molecule has 107 heavy (non-hydrogen) atoms. The number of carbonyl (C=O) groups is 12. The van der Waals surface area contributed by atoms with Gasteiger partial charge >= 0.3 is 6.09 Å². The minimum Gasteiger partial charge on any atom is -0.445 e. The molecule has 0 unspecified atom stereocenters. The Hall–Kier alpha value is -9.20. The number of nitrogens with zero attached hydrogens (tertiary/aromatic N) is 6. The molecule has 6 rings (SSSR count). The maximum Gasteiger partial charge on any atom is 0.410 e. The van der Waals surface area contributed by atoms with Gasteiger partial charge in [0.15, 0.2) is 0 Å². The number of likely N-dealkylation sites (N-methyl/N-ethyl adjacent to an activating group) is 2. The first-order valence-corrected chi connectivity index (χ1v) is 36.9. The molecule has 588 valence electrons. The van der Waals surface area contributed by atoms with Crippen molar-refractivity contribution in [2.24, 2.45) is 23.7 Å². The van der Waals surface area contributed by atoms with Crippen LogP contribution in [-0.2, 0) is 89.5 Å². The number of anilines is 1. The van der Waals surface area contributed by atoms with Crippen molar-refractivity contribution in [1.82, 2.24) is 56.0 Å². The highest BCUT2D eigenvalue weighted by Gasteiger charge is 2.44. The molecule has 0 aromatic heterocycles. The molecule has 2 saturated heterocycles. The Morgan fingerprint density at radius 2 is 1.25 bits per heavy atom. The summed E-state index contributed by atoms with van der Waals surface area (Å²) in [4.78, 5) is 170. The third-order valence-electron chi connectivity index (χ3n) is 19.8. The average molecular weight is 1490 g/mol. The van der Waals surface area contributed by atoms with Gasteiger partial charge in [0.05, 0.1) is 94.8 Å². The molecule has 0 saturated carbocycles. The Morgan fingerprint density at radius 1 is 0.645 bits per heavy atom. The third kappa shape index (κ3) is 26.3. The van der Waals surface area contributed by atoms with Crippen LogP contribution in [0, 0.1) is 23.7 Å². The Kier molecular flexibility index (Phi) is 35.3. The van der Waals surface area contributed by atoms with Crippen LogP contribution >= 0.6 is 0 Å². The molecule has 3 aliphatic heterocycles. The molecule has 30 nitrogen and oxygen atoms in total. The first-order chi connectivity index (χ1) is 51.1. The van der Waals surface area contributed by atoms with E-state index >= 15 is 0 Å². The van der Waals surface area contributed by atoms with Crippen molar-refractivity contribution in [3.63, 3.8) is 0 Å². The van der Waals surface area contributed by atoms with Crippen molar-refractivity contribution in [2.75, 3.05) is 119 Å². The number of likely N-dealkylation sites (tertiary alicyclic amines) is 1. The minimum absolute atomic E-state index is 0.0351. The van der Waals surface area contributed by atoms with Gasteiger partial charge in [-0.3, -0.25) is 67.4 Å². The first kappa shape index (κ1) is 86.7. The van der Waals surface area contributed by atoms with E-state index in [1.54, 1.807) is 135 Å². The summed E-state index contributed by atoms with van der Waals surface area (Å²) < 4.78 is 29.3. The summed E-state index contributed by atoms with van der Waals surface area (Å²) in [6, 6.07) is 19.4. The van der Waals surface area contributed by atoms with Crippen LogP contribution in [0.5, 0.6) is 0 Å². The van der Waals surface area contributed by atoms with Gasteiger partial charge in [0, 0.05) is 98.3 Å². The van der Waals surface area contributed by atoms with Gasteiger partial charge in [-0.15, -0.1) is 0 Å². The number of aliphatic hydroxyl groups is 1. The van der Waals surface area contributed by atoms with Gasteiger partial charge in [-0.25, -0.2) is 4.79 Å². The summed E-state index contributed by atoms with van der Waals surface area (Å²) in [7, 11) is 6.08. The van der Waals surface area contributed by atoms with Gasteiger partial charge in [0.2, 0.25) is 53.2 Å². The van der Waals surface area contributed by atoms with Crippen LogP contribution in [0.1, 0.15) is 110 Å². The minimum atomic E-state index is -1.14. The van der Waals surface area contributed by atoms with E-state index in [4.69, 9.17) is 23.7 Å². The van der Waals surface area contributed by atoms with E-state index in [2.05, 4.69) is 31.9 Å². The Labute approximate surface area is 628 Å². The van der Waals surface area contributed by atoms with E-state index in [0.29, 0.717) is 55.7 Å². The molecule has 7 N–H and O–H groups in total. The van der Waals surface area contributed by atoms with Gasteiger partial charge in [-0.2, -0.15) is 0 Å². The van der Waals surface area contributed by atoms with E-state index in [1.807, 2.05) is 32.0 Å². The Balaban J connectivity index is 0.958. The zero-order valence-electron chi connectivity index (χ0n) is 64.0. The molecular weight excluding hydrogens is 1380 g/mol. The smallest absolute Gasteiger partial charge is 0.410 e. The van der Waals surface area contributed by atoms with E-state index < -0.39 is 139 Å². The predicted molar refractivity (Wildman–Crippen MR) is 397 cm³/mol. The van der Waals surface area contributed by atoms with Gasteiger partial charge in [-0.05, 0) is 66.3 Å². The SMILES string of the molecule is CC[C@H](C)[C@@H]([C@@H](CC(=O)N1CCC[C@@H]1[C@H](OC)[C@@H](C)C(=O)N[C@H](C)[C@@H](O)c1ccccc1)OC)N(C)C(=O)[C@@H](NC(=O)[C@H](C(C)C)N(C)C(=O)OCc1ccc(NC(=O)CNC(=O)[C@H](Cc2ccccc2)NC(=O)CNC(=O)CN2CCOCCN(C(=O)CCN3C(=O)C=CC3=O)CCOCC2)cc1)C(C)C. The third-order valence-corrected chi connectivity index (χ3v) is 19.8. The molecule has 0 spiro atoms. The average Bonchev–Trinajstić information content (AvgIpc) is 1.80. The number of imide groups is 1. The van der Waals surface area contributed by atoms with Crippen LogP contribution in [0.2, 0.25) is 0 Å². The zero-order chi connectivity index (χ0) is 78.4. The second-order valence-corrected chi connectivity index (χ2v) is 28.2. The number of rotatable bonds is 36. The fourth-order valence-electron chi connectivity index (χ4n) is 13.4. The summed E-state index contributed by atoms with van der Waals surface area (Å²) in [6.45, 7) is 15.7. The topological polar surface area (TPSA) is 363 Å². The van der Waals surface area contributed by atoms with Gasteiger partial charge in [0.25, 0.3) is 11.8 Å². The maximum absolute atomic E-state index is 14.8. The lowest BCUT2D eigenvalue weighted by Crippen LogP contribution is -2.60. The number of methoxy groups -OCH3 is 2. The molecule has 3 aromatic rings. The molecule has 3 aliphatic rings. The molecule has 0 aliphatic carbocycles. The summed E-state index contributed by atoms with van der Waals surface area (Å²) in [5.41, 5.74) is 2.27. The van der Waals surface area contributed by atoms with Crippen molar-refractivity contribution in [2.45, 2.75) is 155 Å². The molecule has 30 heteroatoms. The predicted octanol–water partition coefficient (Wildman–Crippen LogP) is 2.97. The summed E-state index contributed by atoms with van der Waals surface area (Å²) >= 11 is 0.